The third-order valence-electron chi connectivity index (χ3n) is 0.471. The van der Waals surface area contributed by atoms with Crippen LogP contribution in [0.1, 0.15) is 4.28 Å². The topological polar surface area (TPSA) is 9.23 Å². The molecule has 0 aliphatic heterocycles. The first-order valence-corrected chi connectivity index (χ1v) is 2.21. The Kier molecular flexibility index (Phi) is 29.8. The fourth-order valence-corrected chi connectivity index (χ4v) is 0.235. The van der Waals surface area contributed by atoms with Crippen LogP contribution in [-0.2, 0) is 4.74 Å². The monoisotopic (exact) mass is 148 g/mol. The summed E-state index contributed by atoms with van der Waals surface area (Å²) < 4.78 is 4.90. The van der Waals surface area contributed by atoms with Gasteiger partial charge >= 0.3 is 52.6 Å². The molecule has 0 aliphatic carbocycles. The molecule has 3 heteroatoms. The molecular weight excluding hydrogens is 135 g/mol. The summed E-state index contributed by atoms with van der Waals surface area (Å²) in [5, 5.41) is 0. The molecule has 0 aliphatic rings. The van der Waals surface area contributed by atoms with Crippen LogP contribution in [0.15, 0.2) is 25.3 Å². The van der Waals surface area contributed by atoms with E-state index in [1.165, 1.54) is 0 Å². The van der Waals surface area contributed by atoms with Crippen LogP contribution < -0.4 is 29.6 Å². The zero-order chi connectivity index (χ0) is 5.54. The minimum atomic E-state index is 0. The Morgan fingerprint density at radius 1 is 1.22 bits per heavy atom. The van der Waals surface area contributed by atoms with Crippen LogP contribution >= 0.6 is 0 Å². The summed E-state index contributed by atoms with van der Waals surface area (Å²) in [4.78, 5) is 0. The van der Waals surface area contributed by atoms with E-state index in [0.29, 0.717) is 13.2 Å². The van der Waals surface area contributed by atoms with E-state index < -0.39 is 0 Å². The average Bonchev–Trinajstić information content (AvgIpc) is 1.69. The molecule has 0 fully saturated rings. The minimum Gasteiger partial charge on any atom is -1.00 e. The van der Waals surface area contributed by atoms with Crippen molar-refractivity contribution in [2.45, 2.75) is 0 Å². The normalized spacial score (nSPS) is 6.22. The Balaban J connectivity index is -0.0000000180. The van der Waals surface area contributed by atoms with Gasteiger partial charge in [-0.3, -0.25) is 0 Å². The van der Waals surface area contributed by atoms with Crippen molar-refractivity contribution in [1.29, 1.82) is 0 Å². The maximum Gasteiger partial charge on any atom is 2.00 e. The molecule has 0 radical (unpaired) electrons. The predicted molar refractivity (Wildman–Crippen MR) is 40.3 cm³/mol. The Morgan fingerprint density at radius 3 is 1.78 bits per heavy atom. The van der Waals surface area contributed by atoms with Crippen molar-refractivity contribution in [3.63, 3.8) is 0 Å². The van der Waals surface area contributed by atoms with E-state index in [-0.39, 0.29) is 56.9 Å². The van der Waals surface area contributed by atoms with Crippen molar-refractivity contribution in [3.05, 3.63) is 25.3 Å². The van der Waals surface area contributed by atoms with Gasteiger partial charge in [0.15, 0.2) is 0 Å². The molecule has 0 amide bonds. The second kappa shape index (κ2) is 16.1. The molecule has 0 rings (SSSR count). The van der Waals surface area contributed by atoms with Crippen molar-refractivity contribution in [2.75, 3.05) is 13.2 Å². The number of hydrogen-bond acceptors (Lipinski definition) is 1. The molecule has 0 bridgehead atoms. The van der Waals surface area contributed by atoms with Gasteiger partial charge < -0.3 is 9.02 Å². The Bertz CT molecular complexity index is 67.8. The first-order chi connectivity index (χ1) is 3.41. The molecule has 0 aromatic rings. The molecule has 0 N–H and O–H groups in total. The molecule has 0 unspecified atom stereocenters. The first-order valence-electron chi connectivity index (χ1n) is 2.21. The number of hydrogen-bond donors (Lipinski definition) is 0. The van der Waals surface area contributed by atoms with E-state index in [9.17, 15) is 0 Å². The van der Waals surface area contributed by atoms with Gasteiger partial charge in [0.05, 0.1) is 13.2 Å². The van der Waals surface area contributed by atoms with Crippen molar-refractivity contribution in [2.24, 2.45) is 0 Å². The van der Waals surface area contributed by atoms with Gasteiger partial charge in [-0.2, -0.15) is 0 Å². The van der Waals surface area contributed by atoms with E-state index in [4.69, 9.17) is 4.74 Å². The second-order valence-corrected chi connectivity index (χ2v) is 1.11. The molecule has 0 saturated heterocycles. The predicted octanol–water partition coefficient (Wildman–Crippen LogP) is -1.66. The standard InChI is InChI=1S/C6H10O.Mg.Na.3H/c1-3-5-7-6-4-2;;;;;/h3-4H,1-2,5-6H2;;;;;/q;+2;+1;3*-1. The Labute approximate surface area is 99.4 Å². The molecule has 0 spiro atoms. The Morgan fingerprint density at radius 2 is 1.56 bits per heavy atom. The van der Waals surface area contributed by atoms with Crippen LogP contribution in [0.5, 0.6) is 0 Å². The average molecular weight is 148 g/mol. The van der Waals surface area contributed by atoms with Gasteiger partial charge in [-0.25, -0.2) is 0 Å². The van der Waals surface area contributed by atoms with E-state index in [0.717, 1.165) is 0 Å². The van der Waals surface area contributed by atoms with Gasteiger partial charge in [-0.05, 0) is 0 Å². The van der Waals surface area contributed by atoms with Gasteiger partial charge in [0.1, 0.15) is 0 Å². The number of rotatable bonds is 4. The zero-order valence-electron chi connectivity index (χ0n) is 9.10. The number of ether oxygens (including phenoxy) is 1. The third kappa shape index (κ3) is 17.6. The summed E-state index contributed by atoms with van der Waals surface area (Å²) in [6.45, 7) is 8.18. The zero-order valence-corrected chi connectivity index (χ0v) is 9.51. The third-order valence-corrected chi connectivity index (χ3v) is 0.471. The van der Waals surface area contributed by atoms with Crippen molar-refractivity contribution in [1.82, 2.24) is 0 Å². The second-order valence-electron chi connectivity index (χ2n) is 1.11. The molecule has 0 saturated carbocycles. The van der Waals surface area contributed by atoms with Crippen LogP contribution in [0.2, 0.25) is 0 Å². The summed E-state index contributed by atoms with van der Waals surface area (Å²) in [6.07, 6.45) is 3.42. The molecule has 0 heterocycles. The SMILES string of the molecule is C=CCOCC=C.[H-].[H-].[H-].[Mg+2].[Na+]. The molecule has 46 valence electrons. The van der Waals surface area contributed by atoms with Gasteiger partial charge in [-0.15, -0.1) is 13.2 Å². The van der Waals surface area contributed by atoms with E-state index in [2.05, 4.69) is 13.2 Å². The largest absolute Gasteiger partial charge is 2.00 e. The smallest absolute Gasteiger partial charge is 1.00 e. The Hall–Kier alpha value is 1.21. The summed E-state index contributed by atoms with van der Waals surface area (Å²) in [5.74, 6) is 0. The molecular formula is C6H13MgNaO. The summed E-state index contributed by atoms with van der Waals surface area (Å²) in [6, 6.07) is 0. The van der Waals surface area contributed by atoms with E-state index in [1.807, 2.05) is 0 Å². The van der Waals surface area contributed by atoms with E-state index in [1.54, 1.807) is 12.2 Å². The van der Waals surface area contributed by atoms with Crippen LogP contribution in [-0.4, -0.2) is 36.3 Å². The van der Waals surface area contributed by atoms with Crippen LogP contribution in [0.4, 0.5) is 0 Å². The molecule has 1 nitrogen and oxygen atoms in total. The summed E-state index contributed by atoms with van der Waals surface area (Å²) >= 11 is 0. The van der Waals surface area contributed by atoms with E-state index >= 15 is 0 Å². The maximum atomic E-state index is 4.90. The molecule has 9 heavy (non-hydrogen) atoms. The van der Waals surface area contributed by atoms with Crippen molar-refractivity contribution >= 4 is 23.1 Å². The van der Waals surface area contributed by atoms with Gasteiger partial charge in [0, 0.05) is 0 Å². The molecule has 0 aromatic heterocycles. The van der Waals surface area contributed by atoms with Gasteiger partial charge in [-0.1, -0.05) is 12.2 Å². The molecule has 0 atom stereocenters. The van der Waals surface area contributed by atoms with Crippen molar-refractivity contribution in [3.8, 4) is 0 Å². The first kappa shape index (κ1) is 16.7. The maximum absolute atomic E-state index is 4.90. The fraction of sp³-hybridized carbons (Fsp3) is 0.333. The summed E-state index contributed by atoms with van der Waals surface area (Å²) in [5.41, 5.74) is 0. The molecule has 0 aromatic carbocycles. The quantitative estimate of drug-likeness (QED) is 0.263. The minimum absolute atomic E-state index is 0. The van der Waals surface area contributed by atoms with Crippen molar-refractivity contribution < 1.29 is 38.6 Å². The van der Waals surface area contributed by atoms with Gasteiger partial charge in [0.2, 0.25) is 0 Å². The fourth-order valence-electron chi connectivity index (χ4n) is 0.235. The van der Waals surface area contributed by atoms with Crippen LogP contribution in [0, 0.1) is 0 Å². The van der Waals surface area contributed by atoms with Crippen LogP contribution in [0.3, 0.4) is 0 Å². The van der Waals surface area contributed by atoms with Crippen LogP contribution in [0.25, 0.3) is 0 Å². The van der Waals surface area contributed by atoms with Gasteiger partial charge in [0.25, 0.3) is 0 Å². The summed E-state index contributed by atoms with van der Waals surface area (Å²) in [7, 11) is 0.